The monoisotopic (exact) mass is 507 g/mol. The lowest BCUT2D eigenvalue weighted by Gasteiger charge is -2.39. The van der Waals surface area contributed by atoms with E-state index in [1.807, 2.05) is 72.9 Å². The maximum atomic E-state index is 14.0. The van der Waals surface area contributed by atoms with Crippen molar-refractivity contribution in [2.24, 2.45) is 0 Å². The van der Waals surface area contributed by atoms with Crippen LogP contribution in [0.2, 0.25) is 0 Å². The first-order valence-corrected chi connectivity index (χ1v) is 13.6. The number of nitrogens with one attached hydrogen (secondary N) is 2. The van der Waals surface area contributed by atoms with Crippen LogP contribution in [0.15, 0.2) is 18.2 Å². The molecule has 2 atom stereocenters. The van der Waals surface area contributed by atoms with Crippen LogP contribution in [-0.2, 0) is 14.3 Å². The second-order valence-electron chi connectivity index (χ2n) is 11.3. The van der Waals surface area contributed by atoms with Crippen LogP contribution in [0.3, 0.4) is 0 Å². The van der Waals surface area contributed by atoms with Gasteiger partial charge in [0.15, 0.2) is 0 Å². The smallest absolute Gasteiger partial charge is 0.408 e. The Morgan fingerprint density at radius 1 is 1.06 bits per heavy atom. The molecule has 0 heterocycles. The van der Waals surface area contributed by atoms with Crippen molar-refractivity contribution in [1.29, 1.82) is 0 Å². The first-order valence-electron chi connectivity index (χ1n) is 12.2. The lowest BCUT2D eigenvalue weighted by molar-refractivity contribution is -0.145. The van der Waals surface area contributed by atoms with E-state index in [1.165, 1.54) is 0 Å². The molecule has 2 unspecified atom stereocenters. The van der Waals surface area contributed by atoms with Crippen molar-refractivity contribution in [3.63, 3.8) is 0 Å². The molecule has 8 heteroatoms. The van der Waals surface area contributed by atoms with Crippen LogP contribution in [0.4, 0.5) is 4.79 Å². The summed E-state index contributed by atoms with van der Waals surface area (Å²) in [5.74, 6) is 0.101. The minimum Gasteiger partial charge on any atom is -0.444 e. The number of ether oxygens (including phenoxy) is 1. The van der Waals surface area contributed by atoms with E-state index >= 15 is 0 Å². The molecule has 0 aliphatic carbocycles. The average Bonchev–Trinajstić information content (AvgIpc) is 2.68. The molecule has 0 aliphatic heterocycles. The number of hydrogen-bond acceptors (Lipinski definition) is 5. The molecule has 1 aromatic carbocycles. The van der Waals surface area contributed by atoms with Crippen LogP contribution in [-0.4, -0.2) is 58.0 Å². The van der Waals surface area contributed by atoms with E-state index < -0.39 is 29.3 Å². The van der Waals surface area contributed by atoms with Crippen LogP contribution >= 0.6 is 11.8 Å². The van der Waals surface area contributed by atoms with Gasteiger partial charge in [0, 0.05) is 11.6 Å². The van der Waals surface area contributed by atoms with Gasteiger partial charge < -0.3 is 20.3 Å². The van der Waals surface area contributed by atoms with E-state index in [1.54, 1.807) is 37.4 Å². The summed E-state index contributed by atoms with van der Waals surface area (Å²) in [5, 5.41) is 5.83. The van der Waals surface area contributed by atoms with Crippen LogP contribution in [0, 0.1) is 13.8 Å². The standard InChI is InChI=1S/C27H45N3O4S/c1-17(2)30(24(32)21(15-16-35-11)28-25(33)34-27(8,9)10)22(23(31)29-26(5,6)7)20-14-12-13-18(3)19(20)4/h12-14,17,21-22H,15-16H2,1-11H3,(H,28,33)(H,29,31). The number of hydrogen-bond donors (Lipinski definition) is 2. The van der Waals surface area contributed by atoms with Crippen LogP contribution in [0.5, 0.6) is 0 Å². The van der Waals surface area contributed by atoms with E-state index in [0.717, 1.165) is 16.7 Å². The first-order chi connectivity index (χ1) is 16.0. The Balaban J connectivity index is 3.55. The van der Waals surface area contributed by atoms with Crippen molar-refractivity contribution in [3.8, 4) is 0 Å². The maximum absolute atomic E-state index is 14.0. The van der Waals surface area contributed by atoms with Crippen LogP contribution in [0.1, 0.15) is 84.5 Å². The Bertz CT molecular complexity index is 887. The van der Waals surface area contributed by atoms with Gasteiger partial charge in [0.25, 0.3) is 0 Å². The lowest BCUT2D eigenvalue weighted by atomic mass is 9.93. The van der Waals surface area contributed by atoms with E-state index in [4.69, 9.17) is 4.74 Å². The second kappa shape index (κ2) is 12.7. The van der Waals surface area contributed by atoms with Gasteiger partial charge in [-0.05, 0) is 104 Å². The highest BCUT2D eigenvalue weighted by Gasteiger charge is 2.39. The van der Waals surface area contributed by atoms with E-state index in [0.29, 0.717) is 12.2 Å². The van der Waals surface area contributed by atoms with Crippen LogP contribution in [0.25, 0.3) is 0 Å². The maximum Gasteiger partial charge on any atom is 0.408 e. The lowest BCUT2D eigenvalue weighted by Crippen LogP contribution is -2.56. The van der Waals surface area contributed by atoms with Gasteiger partial charge >= 0.3 is 6.09 Å². The third-order valence-corrected chi connectivity index (χ3v) is 6.02. The zero-order valence-corrected chi connectivity index (χ0v) is 24.2. The van der Waals surface area contributed by atoms with Crippen molar-refractivity contribution < 1.29 is 19.1 Å². The summed E-state index contributed by atoms with van der Waals surface area (Å²) in [4.78, 5) is 41.9. The molecule has 0 aromatic heterocycles. The summed E-state index contributed by atoms with van der Waals surface area (Å²) in [7, 11) is 0. The molecule has 1 rings (SSSR count). The highest BCUT2D eigenvalue weighted by Crippen LogP contribution is 2.30. The number of amides is 3. The average molecular weight is 508 g/mol. The Hall–Kier alpha value is -2.22. The number of carbonyl (C=O) groups excluding carboxylic acids is 3. The predicted octanol–water partition coefficient (Wildman–Crippen LogP) is 5.14. The highest BCUT2D eigenvalue weighted by atomic mass is 32.2. The SMILES string of the molecule is CSCCC(NC(=O)OC(C)(C)C)C(=O)N(C(C)C)C(C(=O)NC(C)(C)C)c1cccc(C)c1C. The fourth-order valence-electron chi connectivity index (χ4n) is 3.73. The number of carbonyl (C=O) groups is 3. The molecule has 198 valence electrons. The normalized spacial score (nSPS) is 13.7. The minimum atomic E-state index is -0.848. The van der Waals surface area contributed by atoms with Crippen molar-refractivity contribution in [2.75, 3.05) is 12.0 Å². The van der Waals surface area contributed by atoms with Crippen molar-refractivity contribution in [1.82, 2.24) is 15.5 Å². The van der Waals surface area contributed by atoms with Gasteiger partial charge in [-0.25, -0.2) is 4.79 Å². The number of alkyl carbamates (subject to hydrolysis) is 1. The Kier molecular flexibility index (Phi) is 11.1. The number of aryl methyl sites for hydroxylation is 1. The molecular formula is C27H45N3O4S. The largest absolute Gasteiger partial charge is 0.444 e. The Morgan fingerprint density at radius 2 is 1.66 bits per heavy atom. The van der Waals surface area contributed by atoms with Gasteiger partial charge in [-0.3, -0.25) is 9.59 Å². The number of rotatable bonds is 9. The van der Waals surface area contributed by atoms with Gasteiger partial charge in [0.05, 0.1) is 0 Å². The van der Waals surface area contributed by atoms with Crippen molar-refractivity contribution in [3.05, 3.63) is 34.9 Å². The van der Waals surface area contributed by atoms with Gasteiger partial charge in [-0.2, -0.15) is 11.8 Å². The molecule has 1 aromatic rings. The molecule has 0 saturated carbocycles. The van der Waals surface area contributed by atoms with Crippen molar-refractivity contribution >= 4 is 29.7 Å². The Morgan fingerprint density at radius 3 is 2.14 bits per heavy atom. The fraction of sp³-hybridized carbons (Fsp3) is 0.667. The third kappa shape index (κ3) is 9.74. The highest BCUT2D eigenvalue weighted by molar-refractivity contribution is 7.98. The quantitative estimate of drug-likeness (QED) is 0.483. The molecule has 0 fully saturated rings. The summed E-state index contributed by atoms with van der Waals surface area (Å²) >= 11 is 1.59. The molecule has 35 heavy (non-hydrogen) atoms. The second-order valence-corrected chi connectivity index (χ2v) is 12.2. The third-order valence-electron chi connectivity index (χ3n) is 5.38. The zero-order chi connectivity index (χ0) is 27.1. The zero-order valence-electron chi connectivity index (χ0n) is 23.4. The topological polar surface area (TPSA) is 87.7 Å². The molecule has 0 saturated heterocycles. The van der Waals surface area contributed by atoms with Crippen molar-refractivity contribution in [2.45, 2.75) is 105 Å². The van der Waals surface area contributed by atoms with Gasteiger partial charge in [-0.1, -0.05) is 18.2 Å². The molecule has 0 aliphatic rings. The summed E-state index contributed by atoms with van der Waals surface area (Å²) in [6.07, 6.45) is 1.72. The number of nitrogens with zero attached hydrogens (tertiary/aromatic N) is 1. The number of thioether (sulfide) groups is 1. The molecule has 0 bridgehead atoms. The van der Waals surface area contributed by atoms with E-state index in [2.05, 4.69) is 10.6 Å². The van der Waals surface area contributed by atoms with Gasteiger partial charge in [-0.15, -0.1) is 0 Å². The molecule has 0 radical (unpaired) electrons. The Labute approximate surface area is 216 Å². The first kappa shape index (κ1) is 30.8. The molecule has 0 spiro atoms. The molecular weight excluding hydrogens is 462 g/mol. The van der Waals surface area contributed by atoms with E-state index in [9.17, 15) is 14.4 Å². The summed E-state index contributed by atoms with van der Waals surface area (Å²) in [6, 6.07) is 3.83. The van der Waals surface area contributed by atoms with E-state index in [-0.39, 0.29) is 17.9 Å². The predicted molar refractivity (Wildman–Crippen MR) is 145 cm³/mol. The fourth-order valence-corrected chi connectivity index (χ4v) is 4.20. The molecule has 7 nitrogen and oxygen atoms in total. The van der Waals surface area contributed by atoms with Crippen LogP contribution < -0.4 is 10.6 Å². The molecule has 2 N–H and O–H groups in total. The molecule has 3 amide bonds. The number of benzene rings is 1. The van der Waals surface area contributed by atoms with Gasteiger partial charge in [0.2, 0.25) is 11.8 Å². The summed E-state index contributed by atoms with van der Waals surface area (Å²) < 4.78 is 5.42. The summed E-state index contributed by atoms with van der Waals surface area (Å²) in [6.45, 7) is 18.8. The minimum absolute atomic E-state index is 0.255. The van der Waals surface area contributed by atoms with Gasteiger partial charge in [0.1, 0.15) is 17.7 Å². The summed E-state index contributed by atoms with van der Waals surface area (Å²) in [5.41, 5.74) is 1.60.